The van der Waals surface area contributed by atoms with Crippen LogP contribution in [0.3, 0.4) is 0 Å². The average molecular weight is 401 g/mol. The highest BCUT2D eigenvalue weighted by molar-refractivity contribution is 5.78. The second-order valence-electron chi connectivity index (χ2n) is 7.51. The number of rotatable bonds is 5. The molecule has 2 aromatic carbocycles. The molecule has 30 heavy (non-hydrogen) atoms. The first-order chi connectivity index (χ1) is 14.8. The van der Waals surface area contributed by atoms with Gasteiger partial charge in [-0.1, -0.05) is 24.3 Å². The molecule has 7 nitrogen and oxygen atoms in total. The van der Waals surface area contributed by atoms with Crippen LogP contribution in [0.1, 0.15) is 24.7 Å². The Hall–Kier alpha value is -3.32. The second kappa shape index (κ2) is 7.84. The van der Waals surface area contributed by atoms with E-state index in [-0.39, 0.29) is 11.6 Å². The van der Waals surface area contributed by atoms with Crippen molar-refractivity contribution in [3.05, 3.63) is 70.9 Å². The molecule has 1 aliphatic rings. The summed E-state index contributed by atoms with van der Waals surface area (Å²) in [6, 6.07) is 15.3. The van der Waals surface area contributed by atoms with Crippen molar-refractivity contribution < 1.29 is 4.74 Å². The summed E-state index contributed by atoms with van der Waals surface area (Å²) in [7, 11) is 1.64. The van der Waals surface area contributed by atoms with Gasteiger partial charge in [-0.05, 0) is 37.1 Å². The van der Waals surface area contributed by atoms with E-state index in [2.05, 4.69) is 9.88 Å². The maximum atomic E-state index is 13.3. The van der Waals surface area contributed by atoms with Crippen LogP contribution in [-0.2, 0) is 11.3 Å². The topological polar surface area (TPSA) is 73.1 Å². The number of fused-ring (bicyclic) bond motifs is 2. The molecule has 1 saturated heterocycles. The van der Waals surface area contributed by atoms with Crippen molar-refractivity contribution in [3.63, 3.8) is 0 Å². The number of anilines is 1. The van der Waals surface area contributed by atoms with Crippen molar-refractivity contribution in [2.45, 2.75) is 25.4 Å². The third-order valence-corrected chi connectivity index (χ3v) is 5.69. The van der Waals surface area contributed by atoms with Gasteiger partial charge in [-0.25, -0.2) is 9.97 Å². The summed E-state index contributed by atoms with van der Waals surface area (Å²) in [5.74, 6) is 1.58. The van der Waals surface area contributed by atoms with Gasteiger partial charge in [0.1, 0.15) is 11.6 Å². The molecule has 1 fully saturated rings. The number of benzene rings is 2. The molecule has 1 aliphatic heterocycles. The molecular weight excluding hydrogens is 378 g/mol. The van der Waals surface area contributed by atoms with Crippen molar-refractivity contribution in [1.29, 1.82) is 0 Å². The second-order valence-corrected chi connectivity index (χ2v) is 7.51. The first-order valence-electron chi connectivity index (χ1n) is 10.2. The highest BCUT2D eigenvalue weighted by Gasteiger charge is 2.31. The van der Waals surface area contributed by atoms with Gasteiger partial charge in [0.05, 0.1) is 47.3 Å². The van der Waals surface area contributed by atoms with Gasteiger partial charge in [0.2, 0.25) is 0 Å². The highest BCUT2D eigenvalue weighted by Crippen LogP contribution is 2.34. The Morgan fingerprint density at radius 3 is 2.63 bits per heavy atom. The lowest BCUT2D eigenvalue weighted by molar-refractivity contribution is 0.184. The predicted octanol–water partition coefficient (Wildman–Crippen LogP) is 3.33. The maximum Gasteiger partial charge on any atom is 0.261 e. The summed E-state index contributed by atoms with van der Waals surface area (Å²) in [4.78, 5) is 29.8. The lowest BCUT2D eigenvalue weighted by Gasteiger charge is -2.27. The van der Waals surface area contributed by atoms with E-state index in [4.69, 9.17) is 14.7 Å². The van der Waals surface area contributed by atoms with Crippen LogP contribution in [0, 0.1) is 0 Å². The van der Waals surface area contributed by atoms with Crippen LogP contribution in [0.2, 0.25) is 0 Å². The number of hydrogen-bond acceptors (Lipinski definition) is 6. The Balaban J connectivity index is 1.63. The van der Waals surface area contributed by atoms with Crippen molar-refractivity contribution in [2.75, 3.05) is 25.2 Å². The standard InChI is InChI=1S/C23H23N5O2/c1-30-14-13-28-22(26-17-8-3-2-7-16(17)23(28)29)20-11-6-12-27(20)21-15-24-18-9-4-5-10-19(18)25-21/h2-5,7-10,15,20H,6,11-14H2,1H3. The zero-order valence-electron chi connectivity index (χ0n) is 16.9. The van der Waals surface area contributed by atoms with Crippen LogP contribution < -0.4 is 10.5 Å². The van der Waals surface area contributed by atoms with Crippen molar-refractivity contribution in [2.24, 2.45) is 0 Å². The Bertz CT molecular complexity index is 1270. The Morgan fingerprint density at radius 2 is 1.80 bits per heavy atom. The first-order valence-corrected chi connectivity index (χ1v) is 10.2. The lowest BCUT2D eigenvalue weighted by atomic mass is 10.1. The third kappa shape index (κ3) is 3.21. The van der Waals surface area contributed by atoms with E-state index in [1.54, 1.807) is 11.7 Å². The maximum absolute atomic E-state index is 13.3. The van der Waals surface area contributed by atoms with Crippen LogP contribution in [0.25, 0.3) is 21.9 Å². The largest absolute Gasteiger partial charge is 0.383 e. The minimum atomic E-state index is -0.0328. The molecule has 1 atom stereocenters. The van der Waals surface area contributed by atoms with E-state index in [0.29, 0.717) is 18.5 Å². The molecule has 0 spiro atoms. The Morgan fingerprint density at radius 1 is 1.03 bits per heavy atom. The zero-order valence-corrected chi connectivity index (χ0v) is 16.9. The van der Waals surface area contributed by atoms with Crippen LogP contribution in [-0.4, -0.2) is 39.8 Å². The molecule has 152 valence electrons. The summed E-state index contributed by atoms with van der Waals surface area (Å²) in [6.45, 7) is 1.77. The van der Waals surface area contributed by atoms with Gasteiger partial charge < -0.3 is 9.64 Å². The fourth-order valence-corrected chi connectivity index (χ4v) is 4.23. The normalized spacial score (nSPS) is 16.6. The summed E-state index contributed by atoms with van der Waals surface area (Å²) in [6.07, 6.45) is 3.73. The predicted molar refractivity (Wildman–Crippen MR) is 117 cm³/mol. The monoisotopic (exact) mass is 401 g/mol. The Labute approximate surface area is 174 Å². The SMILES string of the molecule is COCCn1c(C2CCCN2c2cnc3ccccc3n2)nc2ccccc2c1=O. The van der Waals surface area contributed by atoms with Crippen LogP contribution in [0.4, 0.5) is 5.82 Å². The number of para-hydroxylation sites is 3. The molecule has 1 unspecified atom stereocenters. The number of methoxy groups -OCH3 is 1. The average Bonchev–Trinajstić information content (AvgIpc) is 3.28. The first kappa shape index (κ1) is 18.7. The number of nitrogens with zero attached hydrogens (tertiary/aromatic N) is 5. The number of hydrogen-bond donors (Lipinski definition) is 0. The molecule has 0 radical (unpaired) electrons. The summed E-state index contributed by atoms with van der Waals surface area (Å²) in [5, 5.41) is 0.632. The molecule has 2 aromatic heterocycles. The van der Waals surface area contributed by atoms with Gasteiger partial charge >= 0.3 is 0 Å². The van der Waals surface area contributed by atoms with Gasteiger partial charge in [-0.15, -0.1) is 0 Å². The van der Waals surface area contributed by atoms with E-state index >= 15 is 0 Å². The molecule has 0 aliphatic carbocycles. The number of ether oxygens (including phenoxy) is 1. The van der Waals surface area contributed by atoms with Crippen molar-refractivity contribution in [1.82, 2.24) is 19.5 Å². The van der Waals surface area contributed by atoms with E-state index in [9.17, 15) is 4.79 Å². The Kier molecular flexibility index (Phi) is 4.88. The summed E-state index contributed by atoms with van der Waals surface area (Å²) in [5.41, 5.74) is 2.44. The molecule has 7 heteroatoms. The summed E-state index contributed by atoms with van der Waals surface area (Å²) >= 11 is 0. The molecule has 0 saturated carbocycles. The van der Waals surface area contributed by atoms with E-state index in [1.165, 1.54) is 0 Å². The van der Waals surface area contributed by atoms with E-state index in [0.717, 1.165) is 47.6 Å². The lowest BCUT2D eigenvalue weighted by Crippen LogP contribution is -2.33. The quantitative estimate of drug-likeness (QED) is 0.511. The van der Waals surface area contributed by atoms with Crippen LogP contribution >= 0.6 is 0 Å². The van der Waals surface area contributed by atoms with Crippen molar-refractivity contribution >= 4 is 27.8 Å². The van der Waals surface area contributed by atoms with Gasteiger partial charge in [-0.2, -0.15) is 0 Å². The van der Waals surface area contributed by atoms with E-state index in [1.807, 2.05) is 54.7 Å². The van der Waals surface area contributed by atoms with Crippen LogP contribution in [0.15, 0.2) is 59.5 Å². The zero-order chi connectivity index (χ0) is 20.5. The van der Waals surface area contributed by atoms with Gasteiger partial charge in [0.25, 0.3) is 5.56 Å². The van der Waals surface area contributed by atoms with E-state index < -0.39 is 0 Å². The molecule has 3 heterocycles. The molecule has 0 amide bonds. The molecule has 4 aromatic rings. The van der Waals surface area contributed by atoms with Crippen LogP contribution in [0.5, 0.6) is 0 Å². The summed E-state index contributed by atoms with van der Waals surface area (Å²) < 4.78 is 7.03. The van der Waals surface area contributed by atoms with Crippen molar-refractivity contribution in [3.8, 4) is 0 Å². The minimum absolute atomic E-state index is 0.0240. The third-order valence-electron chi connectivity index (χ3n) is 5.69. The van der Waals surface area contributed by atoms with Gasteiger partial charge in [0.15, 0.2) is 0 Å². The van der Waals surface area contributed by atoms with Gasteiger partial charge in [-0.3, -0.25) is 14.3 Å². The molecule has 0 bridgehead atoms. The molecule has 5 rings (SSSR count). The molecule has 0 N–H and O–H groups in total. The highest BCUT2D eigenvalue weighted by atomic mass is 16.5. The fourth-order valence-electron chi connectivity index (χ4n) is 4.23. The molecular formula is C23H23N5O2. The minimum Gasteiger partial charge on any atom is -0.383 e. The van der Waals surface area contributed by atoms with Gasteiger partial charge in [0, 0.05) is 13.7 Å². The fraction of sp³-hybridized carbons (Fsp3) is 0.304. The number of aromatic nitrogens is 4. The smallest absolute Gasteiger partial charge is 0.261 e.